The molecule has 0 atom stereocenters. The molecule has 0 spiro atoms. The van der Waals surface area contributed by atoms with Crippen LogP contribution in [0.15, 0.2) is 36.0 Å². The summed E-state index contributed by atoms with van der Waals surface area (Å²) in [6, 6.07) is 4.49. The van der Waals surface area contributed by atoms with Crippen LogP contribution >= 0.6 is 0 Å². The number of carbonyl (C=O) groups is 1. The third-order valence-electron chi connectivity index (χ3n) is 1.89. The van der Waals surface area contributed by atoms with Crippen molar-refractivity contribution in [2.75, 3.05) is 0 Å². The Bertz CT molecular complexity index is 427. The summed E-state index contributed by atoms with van der Waals surface area (Å²) in [5, 5.41) is 13.4. The molecular weight excluding hydrogens is 206 g/mol. The summed E-state index contributed by atoms with van der Waals surface area (Å²) in [5.41, 5.74) is 8.14. The van der Waals surface area contributed by atoms with Crippen molar-refractivity contribution >= 4 is 12.2 Å². The largest absolute Gasteiger partial charge is 0.507 e. The number of phenols is 1. The van der Waals surface area contributed by atoms with Crippen LogP contribution in [-0.2, 0) is 6.42 Å². The number of urea groups is 1. The van der Waals surface area contributed by atoms with Crippen LogP contribution in [0.5, 0.6) is 5.75 Å². The first-order valence-electron chi connectivity index (χ1n) is 4.65. The van der Waals surface area contributed by atoms with E-state index in [4.69, 9.17) is 5.73 Å². The lowest BCUT2D eigenvalue weighted by atomic mass is 10.1. The van der Waals surface area contributed by atoms with Crippen LogP contribution in [0.4, 0.5) is 4.79 Å². The molecule has 1 rings (SSSR count). The maximum Gasteiger partial charge on any atom is 0.332 e. The number of aromatic hydroxyl groups is 1. The van der Waals surface area contributed by atoms with Crippen LogP contribution in [0, 0.1) is 0 Å². The van der Waals surface area contributed by atoms with Gasteiger partial charge in [0.05, 0.1) is 6.21 Å². The second kappa shape index (κ2) is 5.55. The molecule has 1 aromatic carbocycles. The molecule has 0 saturated heterocycles. The summed E-state index contributed by atoms with van der Waals surface area (Å²) in [6.07, 6.45) is 3.58. The first kappa shape index (κ1) is 11.8. The lowest BCUT2D eigenvalue weighted by Gasteiger charge is -2.04. The second-order valence-electron chi connectivity index (χ2n) is 3.08. The maximum absolute atomic E-state index is 10.4. The number of nitrogens with two attached hydrogens (primary N) is 1. The van der Waals surface area contributed by atoms with E-state index in [-0.39, 0.29) is 5.75 Å². The summed E-state index contributed by atoms with van der Waals surface area (Å²) in [4.78, 5) is 10.4. The van der Waals surface area contributed by atoms with E-state index in [1.54, 1.807) is 24.3 Å². The Morgan fingerprint density at radius 3 is 3.00 bits per heavy atom. The highest BCUT2D eigenvalue weighted by atomic mass is 16.3. The first-order valence-corrected chi connectivity index (χ1v) is 4.65. The number of phenolic OH excluding ortho intramolecular Hbond substituents is 1. The summed E-state index contributed by atoms with van der Waals surface area (Å²) in [7, 11) is 0. The van der Waals surface area contributed by atoms with Crippen molar-refractivity contribution in [3.63, 3.8) is 0 Å². The number of hydrogen-bond acceptors (Lipinski definition) is 3. The predicted octanol–water partition coefficient (Wildman–Crippen LogP) is 1.12. The molecule has 0 aliphatic carbocycles. The number of amides is 2. The smallest absolute Gasteiger partial charge is 0.332 e. The van der Waals surface area contributed by atoms with Gasteiger partial charge in [0, 0.05) is 5.56 Å². The lowest BCUT2D eigenvalue weighted by molar-refractivity contribution is 0.249. The quantitative estimate of drug-likeness (QED) is 0.402. The van der Waals surface area contributed by atoms with Crippen molar-refractivity contribution in [2.24, 2.45) is 10.8 Å². The van der Waals surface area contributed by atoms with Gasteiger partial charge in [0.15, 0.2) is 0 Å². The highest BCUT2D eigenvalue weighted by Crippen LogP contribution is 2.21. The minimum atomic E-state index is -0.752. The van der Waals surface area contributed by atoms with Gasteiger partial charge in [0.25, 0.3) is 0 Å². The molecule has 0 unspecified atom stereocenters. The van der Waals surface area contributed by atoms with Gasteiger partial charge in [-0.25, -0.2) is 10.2 Å². The van der Waals surface area contributed by atoms with Crippen LogP contribution in [0.3, 0.4) is 0 Å². The number of allylic oxidation sites excluding steroid dienone is 1. The molecule has 0 fully saturated rings. The van der Waals surface area contributed by atoms with E-state index < -0.39 is 6.03 Å². The Kier molecular flexibility index (Phi) is 4.08. The molecule has 0 heterocycles. The average molecular weight is 219 g/mol. The Hall–Kier alpha value is -2.30. The topological polar surface area (TPSA) is 87.7 Å². The normalized spacial score (nSPS) is 10.2. The molecule has 0 saturated carbocycles. The number of hydrogen-bond donors (Lipinski definition) is 3. The van der Waals surface area contributed by atoms with Gasteiger partial charge in [-0.2, -0.15) is 5.10 Å². The monoisotopic (exact) mass is 219 g/mol. The highest BCUT2D eigenvalue weighted by molar-refractivity contribution is 5.85. The van der Waals surface area contributed by atoms with Crippen molar-refractivity contribution in [2.45, 2.75) is 6.42 Å². The number of hydrazone groups is 1. The molecule has 0 aromatic heterocycles. The number of rotatable bonds is 4. The standard InChI is InChI=1S/C11H13N3O2/c1-2-4-8-5-3-6-9(10(8)15)7-13-14-11(12)16/h2-3,5-7,15H,1,4H2,(H3,12,14,16)/b13-7-. The van der Waals surface area contributed by atoms with Crippen molar-refractivity contribution in [1.82, 2.24) is 5.43 Å². The van der Waals surface area contributed by atoms with Crippen molar-refractivity contribution in [1.29, 1.82) is 0 Å². The molecule has 4 N–H and O–H groups in total. The summed E-state index contributed by atoms with van der Waals surface area (Å²) in [5.74, 6) is 0.123. The van der Waals surface area contributed by atoms with Gasteiger partial charge >= 0.3 is 6.03 Å². The molecule has 5 heteroatoms. The molecule has 0 radical (unpaired) electrons. The van der Waals surface area contributed by atoms with E-state index in [9.17, 15) is 9.90 Å². The van der Waals surface area contributed by atoms with Crippen LogP contribution in [0.1, 0.15) is 11.1 Å². The Morgan fingerprint density at radius 1 is 1.62 bits per heavy atom. The second-order valence-corrected chi connectivity index (χ2v) is 3.08. The number of nitrogens with zero attached hydrogens (tertiary/aromatic N) is 1. The van der Waals surface area contributed by atoms with Crippen LogP contribution in [0.25, 0.3) is 0 Å². The minimum Gasteiger partial charge on any atom is -0.507 e. The van der Waals surface area contributed by atoms with Crippen molar-refractivity contribution in [3.05, 3.63) is 42.0 Å². The molecule has 5 nitrogen and oxygen atoms in total. The van der Waals surface area contributed by atoms with Gasteiger partial charge in [-0.05, 0) is 18.1 Å². The minimum absolute atomic E-state index is 0.123. The van der Waals surface area contributed by atoms with E-state index >= 15 is 0 Å². The third kappa shape index (κ3) is 3.13. The molecular formula is C11H13N3O2. The van der Waals surface area contributed by atoms with E-state index in [0.717, 1.165) is 5.56 Å². The summed E-state index contributed by atoms with van der Waals surface area (Å²) in [6.45, 7) is 3.59. The fourth-order valence-corrected chi connectivity index (χ4v) is 1.20. The Balaban J connectivity index is 2.88. The number of benzene rings is 1. The molecule has 84 valence electrons. The SMILES string of the molecule is C=CCc1cccc(/C=N\NC(N)=O)c1O. The number of para-hydroxylation sites is 1. The van der Waals surface area contributed by atoms with Gasteiger partial charge < -0.3 is 10.8 Å². The van der Waals surface area contributed by atoms with Crippen molar-refractivity contribution in [3.8, 4) is 5.75 Å². The molecule has 0 bridgehead atoms. The van der Waals surface area contributed by atoms with Crippen molar-refractivity contribution < 1.29 is 9.90 Å². The molecule has 1 aromatic rings. The molecule has 0 aliphatic heterocycles. The zero-order chi connectivity index (χ0) is 12.0. The average Bonchev–Trinajstić information content (AvgIpc) is 2.23. The third-order valence-corrected chi connectivity index (χ3v) is 1.89. The summed E-state index contributed by atoms with van der Waals surface area (Å²) >= 11 is 0. The molecule has 0 aliphatic rings. The summed E-state index contributed by atoms with van der Waals surface area (Å²) < 4.78 is 0. The van der Waals surface area contributed by atoms with Crippen LogP contribution in [0.2, 0.25) is 0 Å². The van der Waals surface area contributed by atoms with Gasteiger partial charge in [-0.15, -0.1) is 6.58 Å². The van der Waals surface area contributed by atoms with Crippen LogP contribution < -0.4 is 11.2 Å². The highest BCUT2D eigenvalue weighted by Gasteiger charge is 2.03. The van der Waals surface area contributed by atoms with Gasteiger partial charge in [0.2, 0.25) is 0 Å². The number of nitrogens with one attached hydrogen (secondary N) is 1. The zero-order valence-corrected chi connectivity index (χ0v) is 8.68. The van der Waals surface area contributed by atoms with Crippen LogP contribution in [-0.4, -0.2) is 17.4 Å². The van der Waals surface area contributed by atoms with Gasteiger partial charge in [-0.3, -0.25) is 0 Å². The van der Waals surface area contributed by atoms with E-state index in [1.165, 1.54) is 6.21 Å². The van der Waals surface area contributed by atoms with E-state index in [1.807, 2.05) is 5.43 Å². The fraction of sp³-hybridized carbons (Fsp3) is 0.0909. The fourth-order valence-electron chi connectivity index (χ4n) is 1.20. The van der Waals surface area contributed by atoms with E-state index in [0.29, 0.717) is 12.0 Å². The maximum atomic E-state index is 10.4. The van der Waals surface area contributed by atoms with E-state index in [2.05, 4.69) is 11.7 Å². The predicted molar refractivity (Wildman–Crippen MR) is 62.3 cm³/mol. The molecule has 2 amide bonds. The number of carbonyl (C=O) groups excluding carboxylic acids is 1. The Morgan fingerprint density at radius 2 is 2.38 bits per heavy atom. The lowest BCUT2D eigenvalue weighted by Crippen LogP contribution is -2.24. The van der Waals surface area contributed by atoms with Gasteiger partial charge in [0.1, 0.15) is 5.75 Å². The Labute approximate surface area is 93.3 Å². The molecule has 16 heavy (non-hydrogen) atoms. The zero-order valence-electron chi connectivity index (χ0n) is 8.68. The first-order chi connectivity index (χ1) is 7.65. The number of primary amides is 1. The van der Waals surface area contributed by atoms with Gasteiger partial charge in [-0.1, -0.05) is 18.2 Å².